The highest BCUT2D eigenvalue weighted by molar-refractivity contribution is 5.69. The van der Waals surface area contributed by atoms with Crippen molar-refractivity contribution in [2.45, 2.75) is 51.3 Å². The molecule has 1 amide bonds. The van der Waals surface area contributed by atoms with E-state index < -0.39 is 5.60 Å². The predicted molar refractivity (Wildman–Crippen MR) is 75.2 cm³/mol. The van der Waals surface area contributed by atoms with Gasteiger partial charge in [0.25, 0.3) is 0 Å². The van der Waals surface area contributed by atoms with Gasteiger partial charge < -0.3 is 19.9 Å². The molecule has 2 rings (SSSR count). The molecule has 2 aliphatic heterocycles. The van der Waals surface area contributed by atoms with Crippen LogP contribution in [0.2, 0.25) is 0 Å². The second kappa shape index (κ2) is 5.67. The van der Waals surface area contributed by atoms with Gasteiger partial charge in [-0.05, 0) is 47.2 Å². The standard InChI is InChI=1S/C14H27N3O2/c1-14(2,3)19-13(18)17-9-12(10-17)15-11-6-5-7-16(4)8-11/h11-12,15H,5-10H2,1-4H3. The number of hydrogen-bond donors (Lipinski definition) is 1. The quantitative estimate of drug-likeness (QED) is 0.820. The van der Waals surface area contributed by atoms with Crippen LogP contribution < -0.4 is 5.32 Å². The number of rotatable bonds is 2. The van der Waals surface area contributed by atoms with Crippen molar-refractivity contribution in [3.63, 3.8) is 0 Å². The number of likely N-dealkylation sites (tertiary alicyclic amines) is 2. The summed E-state index contributed by atoms with van der Waals surface area (Å²) in [5, 5.41) is 3.64. The van der Waals surface area contributed by atoms with Crippen molar-refractivity contribution in [1.82, 2.24) is 15.1 Å². The van der Waals surface area contributed by atoms with E-state index in [-0.39, 0.29) is 6.09 Å². The number of piperidine rings is 1. The van der Waals surface area contributed by atoms with Gasteiger partial charge in [-0.2, -0.15) is 0 Å². The fourth-order valence-electron chi connectivity index (χ4n) is 2.70. The van der Waals surface area contributed by atoms with E-state index in [1.165, 1.54) is 19.4 Å². The molecule has 2 aliphatic rings. The van der Waals surface area contributed by atoms with Gasteiger partial charge in [-0.1, -0.05) is 0 Å². The monoisotopic (exact) mass is 269 g/mol. The van der Waals surface area contributed by atoms with Crippen LogP contribution in [0.15, 0.2) is 0 Å². The fraction of sp³-hybridized carbons (Fsp3) is 0.929. The molecule has 0 aliphatic carbocycles. The Labute approximate surface area is 116 Å². The molecule has 110 valence electrons. The highest BCUT2D eigenvalue weighted by atomic mass is 16.6. The molecule has 0 radical (unpaired) electrons. The van der Waals surface area contributed by atoms with E-state index in [0.29, 0.717) is 12.1 Å². The Morgan fingerprint density at radius 1 is 1.21 bits per heavy atom. The van der Waals surface area contributed by atoms with Crippen LogP contribution in [-0.4, -0.2) is 66.8 Å². The van der Waals surface area contributed by atoms with Gasteiger partial charge >= 0.3 is 6.09 Å². The first-order chi connectivity index (χ1) is 8.83. The molecule has 5 heteroatoms. The summed E-state index contributed by atoms with van der Waals surface area (Å²) in [7, 11) is 2.17. The normalized spacial score (nSPS) is 26.1. The van der Waals surface area contributed by atoms with Crippen molar-refractivity contribution in [3.8, 4) is 0 Å². The van der Waals surface area contributed by atoms with Gasteiger partial charge in [0.1, 0.15) is 5.60 Å². The molecule has 1 unspecified atom stereocenters. The van der Waals surface area contributed by atoms with Crippen LogP contribution in [0.4, 0.5) is 4.79 Å². The molecule has 5 nitrogen and oxygen atoms in total. The molecule has 2 fully saturated rings. The van der Waals surface area contributed by atoms with Crippen LogP contribution in [0.1, 0.15) is 33.6 Å². The summed E-state index contributed by atoms with van der Waals surface area (Å²) in [6.45, 7) is 9.56. The van der Waals surface area contributed by atoms with Crippen LogP contribution in [0.5, 0.6) is 0 Å². The van der Waals surface area contributed by atoms with Crippen molar-refractivity contribution in [1.29, 1.82) is 0 Å². The summed E-state index contributed by atoms with van der Waals surface area (Å²) >= 11 is 0. The van der Waals surface area contributed by atoms with E-state index in [2.05, 4.69) is 17.3 Å². The minimum atomic E-state index is -0.401. The molecule has 0 spiro atoms. The van der Waals surface area contributed by atoms with E-state index in [1.54, 1.807) is 4.90 Å². The lowest BCUT2D eigenvalue weighted by molar-refractivity contribution is 0.00312. The molecular formula is C14H27N3O2. The lowest BCUT2D eigenvalue weighted by Crippen LogP contribution is -2.63. The van der Waals surface area contributed by atoms with Crippen molar-refractivity contribution < 1.29 is 9.53 Å². The van der Waals surface area contributed by atoms with Crippen LogP contribution in [0.3, 0.4) is 0 Å². The largest absolute Gasteiger partial charge is 0.444 e. The Morgan fingerprint density at radius 2 is 1.89 bits per heavy atom. The third-order valence-electron chi connectivity index (χ3n) is 3.63. The lowest BCUT2D eigenvalue weighted by Gasteiger charge is -2.43. The number of carbonyl (C=O) groups is 1. The molecule has 0 aromatic heterocycles. The highest BCUT2D eigenvalue weighted by Crippen LogP contribution is 2.17. The first-order valence-corrected chi connectivity index (χ1v) is 7.26. The van der Waals surface area contributed by atoms with E-state index >= 15 is 0 Å². The molecule has 0 saturated carbocycles. The maximum Gasteiger partial charge on any atom is 0.410 e. The third kappa shape index (κ3) is 4.35. The number of ether oxygens (including phenoxy) is 1. The van der Waals surface area contributed by atoms with Gasteiger partial charge in [0.2, 0.25) is 0 Å². The van der Waals surface area contributed by atoms with E-state index in [4.69, 9.17) is 4.74 Å². The van der Waals surface area contributed by atoms with Gasteiger partial charge in [-0.3, -0.25) is 0 Å². The summed E-state index contributed by atoms with van der Waals surface area (Å²) in [6.07, 6.45) is 2.32. The Kier molecular flexibility index (Phi) is 4.36. The summed E-state index contributed by atoms with van der Waals surface area (Å²) in [6, 6.07) is 1.01. The average molecular weight is 269 g/mol. The average Bonchev–Trinajstić information content (AvgIpc) is 2.20. The molecule has 0 aromatic rings. The molecule has 0 aromatic carbocycles. The summed E-state index contributed by atoms with van der Waals surface area (Å²) < 4.78 is 5.35. The van der Waals surface area contributed by atoms with E-state index in [9.17, 15) is 4.79 Å². The Hall–Kier alpha value is -0.810. The topological polar surface area (TPSA) is 44.8 Å². The molecule has 1 N–H and O–H groups in total. The first kappa shape index (κ1) is 14.6. The lowest BCUT2D eigenvalue weighted by atomic mass is 10.0. The maximum atomic E-state index is 11.8. The zero-order chi connectivity index (χ0) is 14.0. The van der Waals surface area contributed by atoms with Gasteiger partial charge in [-0.25, -0.2) is 4.79 Å². The van der Waals surface area contributed by atoms with Crippen LogP contribution >= 0.6 is 0 Å². The number of nitrogens with zero attached hydrogens (tertiary/aromatic N) is 2. The second-order valence-corrected chi connectivity index (χ2v) is 6.85. The maximum absolute atomic E-state index is 11.8. The fourth-order valence-corrected chi connectivity index (χ4v) is 2.70. The molecule has 19 heavy (non-hydrogen) atoms. The number of likely N-dealkylation sites (N-methyl/N-ethyl adjacent to an activating group) is 1. The molecule has 2 heterocycles. The number of carbonyl (C=O) groups excluding carboxylic acids is 1. The molecule has 0 bridgehead atoms. The number of amides is 1. The summed E-state index contributed by atoms with van der Waals surface area (Å²) in [5.41, 5.74) is -0.401. The molecular weight excluding hydrogens is 242 g/mol. The Balaban J connectivity index is 1.67. The van der Waals surface area contributed by atoms with Gasteiger partial charge in [0, 0.05) is 31.7 Å². The van der Waals surface area contributed by atoms with Gasteiger partial charge in [0.05, 0.1) is 0 Å². The van der Waals surface area contributed by atoms with Gasteiger partial charge in [-0.15, -0.1) is 0 Å². The number of nitrogens with one attached hydrogen (secondary N) is 1. The van der Waals surface area contributed by atoms with Gasteiger partial charge in [0.15, 0.2) is 0 Å². The summed E-state index contributed by atoms with van der Waals surface area (Å²) in [5.74, 6) is 0. The minimum Gasteiger partial charge on any atom is -0.444 e. The van der Waals surface area contributed by atoms with Crippen LogP contribution in [-0.2, 0) is 4.74 Å². The van der Waals surface area contributed by atoms with E-state index in [1.807, 2.05) is 20.8 Å². The van der Waals surface area contributed by atoms with Crippen molar-refractivity contribution in [3.05, 3.63) is 0 Å². The number of hydrogen-bond acceptors (Lipinski definition) is 4. The zero-order valence-electron chi connectivity index (χ0n) is 12.6. The minimum absolute atomic E-state index is 0.189. The van der Waals surface area contributed by atoms with Crippen molar-refractivity contribution in [2.24, 2.45) is 0 Å². The Bertz CT molecular complexity index is 321. The van der Waals surface area contributed by atoms with Crippen LogP contribution in [0.25, 0.3) is 0 Å². The SMILES string of the molecule is CN1CCCC(NC2CN(C(=O)OC(C)(C)C)C2)C1. The smallest absolute Gasteiger partial charge is 0.410 e. The predicted octanol–water partition coefficient (Wildman–Crippen LogP) is 1.29. The highest BCUT2D eigenvalue weighted by Gasteiger charge is 2.35. The second-order valence-electron chi connectivity index (χ2n) is 6.85. The van der Waals surface area contributed by atoms with Crippen molar-refractivity contribution >= 4 is 6.09 Å². The van der Waals surface area contributed by atoms with Crippen LogP contribution in [0, 0.1) is 0 Å². The van der Waals surface area contributed by atoms with E-state index in [0.717, 1.165) is 19.6 Å². The summed E-state index contributed by atoms with van der Waals surface area (Å²) in [4.78, 5) is 15.9. The molecule has 1 atom stereocenters. The first-order valence-electron chi connectivity index (χ1n) is 7.26. The molecule has 2 saturated heterocycles. The van der Waals surface area contributed by atoms with Crippen molar-refractivity contribution in [2.75, 3.05) is 33.2 Å². The Morgan fingerprint density at radius 3 is 2.47 bits per heavy atom. The third-order valence-corrected chi connectivity index (χ3v) is 3.63. The zero-order valence-corrected chi connectivity index (χ0v) is 12.6.